The van der Waals surface area contributed by atoms with Crippen LogP contribution in [0.5, 0.6) is 0 Å². The molecule has 1 aromatic heterocycles. The Balaban J connectivity index is 1.99. The summed E-state index contributed by atoms with van der Waals surface area (Å²) in [6.07, 6.45) is 0.629. The quantitative estimate of drug-likeness (QED) is 0.360. The van der Waals surface area contributed by atoms with Gasteiger partial charge in [-0.2, -0.15) is 0 Å². The van der Waals surface area contributed by atoms with E-state index in [1.54, 1.807) is 38.2 Å². The zero-order valence-corrected chi connectivity index (χ0v) is 22.1. The molecule has 0 fully saturated rings. The standard InChI is InChI=1S/C24H27FN2O7S2/c1-14-18-10-19-21(11-20(18)27(36(5,30)31)12-17(33-14)13-35(4,28)29)34-23(22(19)24(26-2)32-3)15-6-8-16(25)9-7-15/h6-11,14,17H,12-13H2,1-5H3/t14-,17-/m0/s1. The third-order valence-electron chi connectivity index (χ3n) is 5.92. The number of fused-ring (bicyclic) bond motifs is 2. The van der Waals surface area contributed by atoms with Crippen LogP contribution in [0.15, 0.2) is 45.8 Å². The van der Waals surface area contributed by atoms with E-state index in [2.05, 4.69) is 4.99 Å². The van der Waals surface area contributed by atoms with Crippen molar-refractivity contribution in [1.29, 1.82) is 0 Å². The molecular formula is C24H27FN2O7S2. The Morgan fingerprint density at radius 2 is 1.83 bits per heavy atom. The first kappa shape index (κ1) is 26.1. The maximum atomic E-state index is 13.6. The van der Waals surface area contributed by atoms with Crippen LogP contribution in [0.4, 0.5) is 10.1 Å². The summed E-state index contributed by atoms with van der Waals surface area (Å²) in [5.74, 6) is -0.0890. The zero-order valence-electron chi connectivity index (χ0n) is 20.5. The van der Waals surface area contributed by atoms with E-state index >= 15 is 0 Å². The maximum absolute atomic E-state index is 13.6. The van der Waals surface area contributed by atoms with E-state index in [0.29, 0.717) is 39.1 Å². The molecule has 0 saturated heterocycles. The number of hydrogen-bond acceptors (Lipinski definition) is 8. The van der Waals surface area contributed by atoms with Gasteiger partial charge >= 0.3 is 0 Å². The second kappa shape index (κ2) is 9.49. The normalized spacial score (nSPS) is 19.3. The maximum Gasteiger partial charge on any atom is 0.232 e. The highest BCUT2D eigenvalue weighted by Gasteiger charge is 2.35. The lowest BCUT2D eigenvalue weighted by molar-refractivity contribution is 0.0193. The summed E-state index contributed by atoms with van der Waals surface area (Å²) in [6.45, 7) is 1.56. The molecule has 36 heavy (non-hydrogen) atoms. The third-order valence-corrected chi connectivity index (χ3v) is 8.04. The van der Waals surface area contributed by atoms with Crippen LogP contribution in [-0.4, -0.2) is 67.8 Å². The molecule has 2 atom stereocenters. The smallest absolute Gasteiger partial charge is 0.232 e. The average molecular weight is 539 g/mol. The average Bonchev–Trinajstić information content (AvgIpc) is 3.07. The Morgan fingerprint density at radius 3 is 2.39 bits per heavy atom. The van der Waals surface area contributed by atoms with Crippen LogP contribution in [0, 0.1) is 5.82 Å². The fourth-order valence-corrected chi connectivity index (χ4v) is 6.26. The molecule has 2 aromatic carbocycles. The van der Waals surface area contributed by atoms with Gasteiger partial charge in [0.25, 0.3) is 0 Å². The number of ether oxygens (including phenoxy) is 2. The highest BCUT2D eigenvalue weighted by Crippen LogP contribution is 2.42. The fourth-order valence-electron chi connectivity index (χ4n) is 4.44. The van der Waals surface area contributed by atoms with Crippen molar-refractivity contribution in [3.05, 3.63) is 53.3 Å². The van der Waals surface area contributed by atoms with Gasteiger partial charge in [-0.05, 0) is 37.3 Å². The van der Waals surface area contributed by atoms with Crippen LogP contribution in [-0.2, 0) is 29.3 Å². The van der Waals surface area contributed by atoms with Gasteiger partial charge < -0.3 is 13.9 Å². The lowest BCUT2D eigenvalue weighted by Crippen LogP contribution is -2.39. The van der Waals surface area contributed by atoms with Gasteiger partial charge in [0.2, 0.25) is 15.9 Å². The van der Waals surface area contributed by atoms with Gasteiger partial charge in [0.15, 0.2) is 0 Å². The van der Waals surface area contributed by atoms with E-state index in [4.69, 9.17) is 13.9 Å². The Bertz CT molecular complexity index is 1550. The topological polar surface area (TPSA) is 115 Å². The summed E-state index contributed by atoms with van der Waals surface area (Å²) < 4.78 is 81.9. The van der Waals surface area contributed by atoms with Gasteiger partial charge in [-0.25, -0.2) is 21.2 Å². The Kier molecular flexibility index (Phi) is 6.88. The summed E-state index contributed by atoms with van der Waals surface area (Å²) >= 11 is 0. The van der Waals surface area contributed by atoms with Crippen LogP contribution >= 0.6 is 0 Å². The molecule has 0 aliphatic carbocycles. The lowest BCUT2D eigenvalue weighted by Gasteiger charge is -2.24. The molecule has 4 rings (SSSR count). The Morgan fingerprint density at radius 1 is 1.17 bits per heavy atom. The minimum Gasteiger partial charge on any atom is -0.481 e. The SMILES string of the molecule is CN=C(OC)c1c(-c2ccc(F)cc2)oc2cc3c(cc12)[C@H](C)O[C@H](CS(C)(=O)=O)CN3S(C)(=O)=O. The molecule has 0 radical (unpaired) electrons. The van der Waals surface area contributed by atoms with Crippen LogP contribution in [0.1, 0.15) is 24.2 Å². The molecule has 9 nitrogen and oxygen atoms in total. The van der Waals surface area contributed by atoms with Gasteiger partial charge in [-0.15, -0.1) is 0 Å². The highest BCUT2D eigenvalue weighted by atomic mass is 32.2. The fraction of sp³-hybridized carbons (Fsp3) is 0.375. The molecule has 3 aromatic rings. The molecule has 0 amide bonds. The van der Waals surface area contributed by atoms with Crippen molar-refractivity contribution < 1.29 is 35.1 Å². The van der Waals surface area contributed by atoms with E-state index in [0.717, 1.165) is 16.8 Å². The first-order valence-electron chi connectivity index (χ1n) is 11.0. The van der Waals surface area contributed by atoms with Crippen LogP contribution in [0.3, 0.4) is 0 Å². The van der Waals surface area contributed by atoms with E-state index in [9.17, 15) is 21.2 Å². The summed E-state index contributed by atoms with van der Waals surface area (Å²) in [7, 11) is -4.21. The first-order chi connectivity index (χ1) is 16.8. The van der Waals surface area contributed by atoms with Crippen molar-refractivity contribution >= 4 is 42.4 Å². The summed E-state index contributed by atoms with van der Waals surface area (Å²) in [6, 6.07) is 9.07. The number of anilines is 1. The van der Waals surface area contributed by atoms with E-state index < -0.39 is 37.9 Å². The van der Waals surface area contributed by atoms with E-state index in [-0.39, 0.29) is 18.2 Å². The van der Waals surface area contributed by atoms with Crippen molar-refractivity contribution in [2.75, 3.05) is 43.3 Å². The number of aliphatic imine (C=N–C) groups is 1. The number of halogens is 1. The zero-order chi connectivity index (χ0) is 26.4. The van der Waals surface area contributed by atoms with Gasteiger partial charge in [-0.1, -0.05) is 0 Å². The van der Waals surface area contributed by atoms with Crippen molar-refractivity contribution in [2.24, 2.45) is 4.99 Å². The molecule has 0 saturated carbocycles. The number of sulfone groups is 1. The van der Waals surface area contributed by atoms with Crippen molar-refractivity contribution in [3.63, 3.8) is 0 Å². The number of nitrogens with zero attached hydrogens (tertiary/aromatic N) is 2. The molecular weight excluding hydrogens is 511 g/mol. The molecule has 0 N–H and O–H groups in total. The van der Waals surface area contributed by atoms with Gasteiger partial charge in [0.05, 0.1) is 49.1 Å². The summed E-state index contributed by atoms with van der Waals surface area (Å²) in [5.41, 5.74) is 2.30. The molecule has 1 aliphatic heterocycles. The summed E-state index contributed by atoms with van der Waals surface area (Å²) in [5, 5.41) is 0.584. The predicted molar refractivity (Wildman–Crippen MR) is 136 cm³/mol. The number of furan rings is 1. The largest absolute Gasteiger partial charge is 0.481 e. The van der Waals surface area contributed by atoms with Crippen LogP contribution in [0.25, 0.3) is 22.3 Å². The van der Waals surface area contributed by atoms with Crippen LogP contribution in [0.2, 0.25) is 0 Å². The van der Waals surface area contributed by atoms with Crippen molar-refractivity contribution in [3.8, 4) is 11.3 Å². The predicted octanol–water partition coefficient (Wildman–Crippen LogP) is 3.53. The number of hydrogen-bond donors (Lipinski definition) is 0. The third kappa shape index (κ3) is 5.11. The molecule has 2 heterocycles. The van der Waals surface area contributed by atoms with E-state index in [1.807, 2.05) is 0 Å². The number of sulfonamides is 1. The van der Waals surface area contributed by atoms with Crippen molar-refractivity contribution in [1.82, 2.24) is 0 Å². The number of benzene rings is 2. The van der Waals surface area contributed by atoms with Gasteiger partial charge in [0, 0.05) is 35.9 Å². The van der Waals surface area contributed by atoms with E-state index in [1.165, 1.54) is 19.2 Å². The second-order valence-electron chi connectivity index (χ2n) is 8.74. The molecule has 0 unspecified atom stereocenters. The molecule has 12 heteroatoms. The Hall–Kier alpha value is -2.96. The van der Waals surface area contributed by atoms with Gasteiger partial charge in [0.1, 0.15) is 27.0 Å². The lowest BCUT2D eigenvalue weighted by atomic mass is 10.0. The highest BCUT2D eigenvalue weighted by molar-refractivity contribution is 7.92. The van der Waals surface area contributed by atoms with Gasteiger partial charge in [-0.3, -0.25) is 9.30 Å². The monoisotopic (exact) mass is 538 g/mol. The van der Waals surface area contributed by atoms with Crippen LogP contribution < -0.4 is 4.31 Å². The molecule has 1 aliphatic rings. The Labute approximate surface area is 209 Å². The minimum absolute atomic E-state index is 0.174. The number of methoxy groups -OCH3 is 1. The second-order valence-corrected chi connectivity index (χ2v) is 12.8. The van der Waals surface area contributed by atoms with Crippen molar-refractivity contribution in [2.45, 2.75) is 19.1 Å². The minimum atomic E-state index is -3.80. The number of rotatable bonds is 5. The summed E-state index contributed by atoms with van der Waals surface area (Å²) in [4.78, 5) is 4.22. The molecule has 0 bridgehead atoms. The first-order valence-corrected chi connectivity index (χ1v) is 14.9. The molecule has 194 valence electrons. The molecule has 0 spiro atoms.